The molecular formula is C33H38FNaO. The number of hydrogen-bond donors (Lipinski definition) is 1. The maximum atomic E-state index is 14.1. The van der Waals surface area contributed by atoms with Crippen LogP contribution in [0.5, 0.6) is 0 Å². The van der Waals surface area contributed by atoms with Gasteiger partial charge in [-0.2, -0.15) is 18.6 Å². The van der Waals surface area contributed by atoms with E-state index in [1.807, 2.05) is 12.1 Å². The van der Waals surface area contributed by atoms with E-state index >= 15 is 0 Å². The molecule has 3 aromatic rings. The Kier molecular flexibility index (Phi) is 9.33. The molecule has 0 saturated heterocycles. The summed E-state index contributed by atoms with van der Waals surface area (Å²) >= 11 is 0. The Morgan fingerprint density at radius 1 is 0.917 bits per heavy atom. The first-order chi connectivity index (χ1) is 16.7. The molecule has 1 aliphatic carbocycles. The molecule has 1 N–H and O–H groups in total. The van der Waals surface area contributed by atoms with Crippen LogP contribution in [0, 0.1) is 26.6 Å². The van der Waals surface area contributed by atoms with Gasteiger partial charge in [0.2, 0.25) is 0 Å². The van der Waals surface area contributed by atoms with E-state index in [0.29, 0.717) is 5.56 Å². The number of hydrogen-bond acceptors (Lipinski definition) is 1. The summed E-state index contributed by atoms with van der Waals surface area (Å²) in [6.45, 7) is 12.5. The third-order valence-electron chi connectivity index (χ3n) is 8.22. The van der Waals surface area contributed by atoms with Crippen LogP contribution < -0.4 is 29.6 Å². The summed E-state index contributed by atoms with van der Waals surface area (Å²) in [5, 5.41) is 10.7. The van der Waals surface area contributed by atoms with Crippen molar-refractivity contribution in [3.05, 3.63) is 107 Å². The number of benzene rings is 3. The summed E-state index contributed by atoms with van der Waals surface area (Å²) in [7, 11) is 0. The van der Waals surface area contributed by atoms with Crippen LogP contribution in [0.3, 0.4) is 0 Å². The molecule has 4 rings (SSSR count). The Bertz CT molecular complexity index is 1230. The first-order valence-electron chi connectivity index (χ1n) is 13.0. The number of halogens is 1. The molecule has 0 amide bonds. The first kappa shape index (κ1) is 28.7. The van der Waals surface area contributed by atoms with E-state index in [0.717, 1.165) is 60.8 Å². The van der Waals surface area contributed by atoms with Gasteiger partial charge in [-0.1, -0.05) is 81.3 Å². The summed E-state index contributed by atoms with van der Waals surface area (Å²) in [6.07, 6.45) is 9.99. The van der Waals surface area contributed by atoms with Gasteiger partial charge in [0, 0.05) is 11.2 Å². The fraction of sp³-hybridized carbons (Fsp3) is 0.364. The van der Waals surface area contributed by atoms with E-state index in [4.69, 9.17) is 0 Å². The fourth-order valence-corrected chi connectivity index (χ4v) is 5.79. The zero-order chi connectivity index (χ0) is 25.2. The fourth-order valence-electron chi connectivity index (χ4n) is 5.79. The average molecular weight is 493 g/mol. The molecule has 0 bridgehead atoms. The van der Waals surface area contributed by atoms with Crippen molar-refractivity contribution in [2.24, 2.45) is 0 Å². The minimum absolute atomic E-state index is 0. The van der Waals surface area contributed by atoms with Crippen LogP contribution in [0.1, 0.15) is 85.8 Å². The van der Waals surface area contributed by atoms with Crippen LogP contribution in [0.25, 0.3) is 17.2 Å². The Hall–Kier alpha value is -1.84. The van der Waals surface area contributed by atoms with Gasteiger partial charge in [0.05, 0.1) is 5.60 Å². The molecule has 184 valence electrons. The van der Waals surface area contributed by atoms with Gasteiger partial charge >= 0.3 is 29.6 Å². The van der Waals surface area contributed by atoms with Crippen LogP contribution in [-0.2, 0) is 5.41 Å². The predicted molar refractivity (Wildman–Crippen MR) is 146 cm³/mol. The van der Waals surface area contributed by atoms with Crippen molar-refractivity contribution in [3.8, 4) is 11.1 Å². The molecule has 1 nitrogen and oxygen atoms in total. The van der Waals surface area contributed by atoms with Gasteiger partial charge in [0.1, 0.15) is 0 Å². The molecule has 36 heavy (non-hydrogen) atoms. The summed E-state index contributed by atoms with van der Waals surface area (Å²) in [5.74, 6) is -0.271. The van der Waals surface area contributed by atoms with Gasteiger partial charge in [-0.3, -0.25) is 4.39 Å². The maximum Gasteiger partial charge on any atom is 1.00 e. The van der Waals surface area contributed by atoms with Crippen molar-refractivity contribution in [3.63, 3.8) is 0 Å². The molecule has 3 heteroatoms. The van der Waals surface area contributed by atoms with Gasteiger partial charge in [-0.25, -0.2) is 0 Å². The molecule has 0 spiro atoms. The predicted octanol–water partition coefficient (Wildman–Crippen LogP) is 5.72. The van der Waals surface area contributed by atoms with Crippen molar-refractivity contribution in [2.45, 2.75) is 77.2 Å². The molecule has 1 aliphatic rings. The second-order valence-electron chi connectivity index (χ2n) is 10.3. The smallest absolute Gasteiger partial charge is 0.386 e. The molecule has 0 aliphatic heterocycles. The van der Waals surface area contributed by atoms with Crippen molar-refractivity contribution >= 4 is 6.08 Å². The van der Waals surface area contributed by atoms with Crippen LogP contribution in [0.2, 0.25) is 0 Å². The van der Waals surface area contributed by atoms with E-state index < -0.39 is 5.60 Å². The minimum atomic E-state index is -0.641. The van der Waals surface area contributed by atoms with Crippen LogP contribution in [0.4, 0.5) is 4.39 Å². The van der Waals surface area contributed by atoms with Crippen molar-refractivity contribution in [1.29, 1.82) is 0 Å². The standard InChI is InChI=1S/C33H38FO.Na/c1-6-33(7-2,28-13-12-26(24(4)20-28)16-19-32(35)17-8-9-18-32)29-14-15-30(25(5)21-29)27-11-10-23(3)31(34)22-27;/h10-16,19-22,35H,3,6-9,17-18H2,1-2,4-5H3;/q-1;+1/b19-16+;. The SMILES string of the molecule is [CH2-]c1ccc(-c2ccc(C(CC)(CC)c3ccc(/C=C/C4(O)CCCC4)c(C)c3)cc2C)cc1F.[Na+]. The van der Waals surface area contributed by atoms with Crippen molar-refractivity contribution in [1.82, 2.24) is 0 Å². The Morgan fingerprint density at radius 2 is 1.53 bits per heavy atom. The Morgan fingerprint density at radius 3 is 2.08 bits per heavy atom. The second-order valence-corrected chi connectivity index (χ2v) is 10.3. The quantitative estimate of drug-likeness (QED) is 0.330. The van der Waals surface area contributed by atoms with E-state index in [9.17, 15) is 9.50 Å². The zero-order valence-corrected chi connectivity index (χ0v) is 24.6. The van der Waals surface area contributed by atoms with Crippen LogP contribution in [0.15, 0.2) is 60.7 Å². The molecule has 3 aromatic carbocycles. The van der Waals surface area contributed by atoms with Gasteiger partial charge in [-0.05, 0) is 78.5 Å². The minimum Gasteiger partial charge on any atom is -0.386 e. The molecule has 0 atom stereocenters. The summed E-state index contributed by atoms with van der Waals surface area (Å²) < 4.78 is 14.1. The summed E-state index contributed by atoms with van der Waals surface area (Å²) in [6, 6.07) is 18.7. The maximum absolute atomic E-state index is 14.1. The molecule has 0 unspecified atom stereocenters. The molecule has 0 radical (unpaired) electrons. The average Bonchev–Trinajstić information content (AvgIpc) is 3.28. The normalized spacial score (nSPS) is 15.3. The number of rotatable bonds is 7. The number of aliphatic hydroxyl groups is 1. The molecule has 0 aromatic heterocycles. The summed E-state index contributed by atoms with van der Waals surface area (Å²) in [5.41, 5.74) is 7.76. The largest absolute Gasteiger partial charge is 1.00 e. The van der Waals surface area contributed by atoms with E-state index in [-0.39, 0.29) is 40.8 Å². The molecule has 0 heterocycles. The third-order valence-corrected chi connectivity index (χ3v) is 8.22. The van der Waals surface area contributed by atoms with Gasteiger partial charge in [0.15, 0.2) is 0 Å². The number of aryl methyl sites for hydroxylation is 2. The monoisotopic (exact) mass is 492 g/mol. The van der Waals surface area contributed by atoms with Gasteiger partial charge < -0.3 is 5.11 Å². The zero-order valence-electron chi connectivity index (χ0n) is 22.6. The van der Waals surface area contributed by atoms with E-state index in [1.165, 1.54) is 16.7 Å². The van der Waals surface area contributed by atoms with E-state index in [1.54, 1.807) is 12.1 Å². The van der Waals surface area contributed by atoms with Crippen molar-refractivity contribution in [2.75, 3.05) is 0 Å². The topological polar surface area (TPSA) is 20.2 Å². The Balaban J connectivity index is 0.00000361. The Labute approximate surface area is 239 Å². The third kappa shape index (κ3) is 5.68. The van der Waals surface area contributed by atoms with Crippen LogP contribution >= 0.6 is 0 Å². The second kappa shape index (κ2) is 11.7. The van der Waals surface area contributed by atoms with Gasteiger partial charge in [0.25, 0.3) is 0 Å². The summed E-state index contributed by atoms with van der Waals surface area (Å²) in [4.78, 5) is 0. The first-order valence-corrected chi connectivity index (χ1v) is 13.0. The van der Waals surface area contributed by atoms with Crippen LogP contribution in [-0.4, -0.2) is 10.7 Å². The van der Waals surface area contributed by atoms with E-state index in [2.05, 4.69) is 77.1 Å². The van der Waals surface area contributed by atoms with Crippen molar-refractivity contribution < 1.29 is 39.1 Å². The molecule has 1 saturated carbocycles. The molecule has 1 fully saturated rings. The van der Waals surface area contributed by atoms with Gasteiger partial charge in [-0.15, -0.1) is 6.07 Å². The molecular weight excluding hydrogens is 454 g/mol.